The molecule has 2 aromatic rings. The van der Waals surface area contributed by atoms with Gasteiger partial charge in [-0.2, -0.15) is 0 Å². The Labute approximate surface area is 129 Å². The number of fused-ring (bicyclic) bond motifs is 1. The topological polar surface area (TPSA) is 29.3 Å². The second-order valence-electron chi connectivity index (χ2n) is 5.22. The van der Waals surface area contributed by atoms with E-state index in [1.165, 1.54) is 16.0 Å². The van der Waals surface area contributed by atoms with E-state index < -0.39 is 0 Å². The van der Waals surface area contributed by atoms with Gasteiger partial charge in [0.05, 0.1) is 4.99 Å². The van der Waals surface area contributed by atoms with Crippen LogP contribution in [0, 0.1) is 0 Å². The minimum atomic E-state index is 0.145. The molecule has 4 heteroatoms. The summed E-state index contributed by atoms with van der Waals surface area (Å²) in [6, 6.07) is 12.6. The average molecular weight is 302 g/mol. The molecule has 1 unspecified atom stereocenters. The fourth-order valence-electron chi connectivity index (χ4n) is 2.77. The van der Waals surface area contributed by atoms with Crippen molar-refractivity contribution >= 4 is 28.5 Å². The van der Waals surface area contributed by atoms with Crippen LogP contribution in [0.4, 0.5) is 0 Å². The van der Waals surface area contributed by atoms with Crippen molar-refractivity contribution in [1.29, 1.82) is 0 Å². The van der Waals surface area contributed by atoms with Crippen molar-refractivity contribution in [2.45, 2.75) is 18.9 Å². The predicted molar refractivity (Wildman–Crippen MR) is 89.3 cm³/mol. The van der Waals surface area contributed by atoms with Gasteiger partial charge < -0.3 is 5.73 Å². The lowest BCUT2D eigenvalue weighted by Gasteiger charge is -2.30. The molecule has 1 aromatic heterocycles. The highest BCUT2D eigenvalue weighted by atomic mass is 32.1. The molecule has 2 nitrogen and oxygen atoms in total. The van der Waals surface area contributed by atoms with Crippen LogP contribution in [-0.4, -0.2) is 23.0 Å². The summed E-state index contributed by atoms with van der Waals surface area (Å²) < 4.78 is 0. The molecule has 0 saturated heterocycles. The maximum Gasteiger partial charge on any atom is 0.0816 e. The van der Waals surface area contributed by atoms with Crippen LogP contribution in [0.25, 0.3) is 0 Å². The van der Waals surface area contributed by atoms with Crippen molar-refractivity contribution in [3.63, 3.8) is 0 Å². The van der Waals surface area contributed by atoms with Crippen LogP contribution >= 0.6 is 23.6 Å². The van der Waals surface area contributed by atoms with Crippen molar-refractivity contribution in [3.8, 4) is 0 Å². The molecule has 0 fully saturated rings. The van der Waals surface area contributed by atoms with Gasteiger partial charge in [0.15, 0.2) is 0 Å². The maximum atomic E-state index is 5.97. The molecule has 1 aliphatic rings. The smallest absolute Gasteiger partial charge is 0.0816 e. The Bertz CT molecular complexity index is 592. The van der Waals surface area contributed by atoms with Crippen molar-refractivity contribution in [2.75, 3.05) is 13.1 Å². The third kappa shape index (κ3) is 2.92. The minimum Gasteiger partial charge on any atom is -0.393 e. The lowest BCUT2D eigenvalue weighted by Crippen LogP contribution is -2.37. The van der Waals surface area contributed by atoms with Crippen molar-refractivity contribution in [3.05, 3.63) is 57.8 Å². The highest BCUT2D eigenvalue weighted by molar-refractivity contribution is 7.80. The molecule has 0 spiro atoms. The van der Waals surface area contributed by atoms with Gasteiger partial charge in [0.1, 0.15) is 0 Å². The lowest BCUT2D eigenvalue weighted by molar-refractivity contribution is 0.254. The Hall–Kier alpha value is -1.23. The summed E-state index contributed by atoms with van der Waals surface area (Å²) in [6.07, 6.45) is 1.14. The molecule has 20 heavy (non-hydrogen) atoms. The van der Waals surface area contributed by atoms with Crippen LogP contribution in [0.1, 0.15) is 21.9 Å². The van der Waals surface area contributed by atoms with E-state index in [1.54, 1.807) is 0 Å². The van der Waals surface area contributed by atoms with Gasteiger partial charge in [-0.1, -0.05) is 42.5 Å². The summed E-state index contributed by atoms with van der Waals surface area (Å²) >= 11 is 7.15. The number of hydrogen-bond donors (Lipinski definition) is 1. The number of thiocarbonyl (C=S) groups is 1. The Morgan fingerprint density at radius 2 is 2.10 bits per heavy atom. The SMILES string of the molecule is NC(=S)C(CN1CCc2sccc2C1)c1ccccc1. The van der Waals surface area contributed by atoms with E-state index in [4.69, 9.17) is 18.0 Å². The van der Waals surface area contributed by atoms with Crippen LogP contribution < -0.4 is 5.73 Å². The fraction of sp³-hybridized carbons (Fsp3) is 0.312. The van der Waals surface area contributed by atoms with Gasteiger partial charge in [-0.15, -0.1) is 11.3 Å². The number of nitrogens with zero attached hydrogens (tertiary/aromatic N) is 1. The van der Waals surface area contributed by atoms with Crippen LogP contribution in [0.5, 0.6) is 0 Å². The van der Waals surface area contributed by atoms with Gasteiger partial charge in [0, 0.05) is 30.4 Å². The molecule has 1 aliphatic heterocycles. The first-order valence-electron chi connectivity index (χ1n) is 6.86. The third-order valence-electron chi connectivity index (χ3n) is 3.87. The second-order valence-corrected chi connectivity index (χ2v) is 6.69. The van der Waals surface area contributed by atoms with E-state index in [9.17, 15) is 0 Å². The molecule has 1 aromatic carbocycles. The number of benzene rings is 1. The van der Waals surface area contributed by atoms with Gasteiger partial charge in [-0.05, 0) is 29.0 Å². The van der Waals surface area contributed by atoms with E-state index in [1.807, 2.05) is 29.5 Å². The zero-order valence-corrected chi connectivity index (χ0v) is 12.9. The molecule has 0 saturated carbocycles. The van der Waals surface area contributed by atoms with E-state index in [0.29, 0.717) is 4.99 Å². The summed E-state index contributed by atoms with van der Waals surface area (Å²) in [4.78, 5) is 4.59. The Morgan fingerprint density at radius 1 is 1.30 bits per heavy atom. The normalized spacial score (nSPS) is 16.6. The van der Waals surface area contributed by atoms with E-state index in [-0.39, 0.29) is 5.92 Å². The lowest BCUT2D eigenvalue weighted by atomic mass is 9.97. The predicted octanol–water partition coefficient (Wildman–Crippen LogP) is 3.18. The molecule has 2 heterocycles. The summed E-state index contributed by atoms with van der Waals surface area (Å²) in [5.74, 6) is 0.145. The molecule has 0 aliphatic carbocycles. The van der Waals surface area contributed by atoms with E-state index in [2.05, 4.69) is 28.5 Å². The molecule has 0 bridgehead atoms. The minimum absolute atomic E-state index is 0.145. The molecule has 104 valence electrons. The standard InChI is InChI=1S/C16H18N2S2/c17-16(19)14(12-4-2-1-3-5-12)11-18-8-6-15-13(10-18)7-9-20-15/h1-5,7,9,14H,6,8,10-11H2,(H2,17,19). The van der Waals surface area contributed by atoms with Gasteiger partial charge in [0.2, 0.25) is 0 Å². The van der Waals surface area contributed by atoms with Crippen LogP contribution in [-0.2, 0) is 13.0 Å². The van der Waals surface area contributed by atoms with Gasteiger partial charge in [0.25, 0.3) is 0 Å². The quantitative estimate of drug-likeness (QED) is 0.880. The molecule has 3 rings (SSSR count). The summed E-state index contributed by atoms with van der Waals surface area (Å²) in [5.41, 5.74) is 8.65. The molecule has 2 N–H and O–H groups in total. The third-order valence-corrected chi connectivity index (χ3v) is 5.18. The number of nitrogens with two attached hydrogens (primary N) is 1. The Kier molecular flexibility index (Phi) is 4.15. The molecule has 1 atom stereocenters. The first-order valence-corrected chi connectivity index (χ1v) is 8.14. The molecule has 0 amide bonds. The van der Waals surface area contributed by atoms with E-state index in [0.717, 1.165) is 26.1 Å². The molecular weight excluding hydrogens is 284 g/mol. The van der Waals surface area contributed by atoms with Crippen molar-refractivity contribution in [1.82, 2.24) is 4.90 Å². The number of hydrogen-bond acceptors (Lipinski definition) is 3. The van der Waals surface area contributed by atoms with Crippen LogP contribution in [0.15, 0.2) is 41.8 Å². The van der Waals surface area contributed by atoms with Crippen molar-refractivity contribution < 1.29 is 0 Å². The Morgan fingerprint density at radius 3 is 2.85 bits per heavy atom. The van der Waals surface area contributed by atoms with Crippen LogP contribution in [0.3, 0.4) is 0 Å². The number of thiophene rings is 1. The molecular formula is C16H18N2S2. The van der Waals surface area contributed by atoms with Gasteiger partial charge in [-0.25, -0.2) is 0 Å². The first-order chi connectivity index (χ1) is 9.74. The average Bonchev–Trinajstić information content (AvgIpc) is 2.93. The maximum absolute atomic E-state index is 5.97. The fourth-order valence-corrected chi connectivity index (χ4v) is 3.87. The number of rotatable bonds is 4. The van der Waals surface area contributed by atoms with Crippen LogP contribution in [0.2, 0.25) is 0 Å². The highest BCUT2D eigenvalue weighted by Gasteiger charge is 2.22. The first kappa shape index (κ1) is 13.7. The zero-order valence-electron chi connectivity index (χ0n) is 11.3. The van der Waals surface area contributed by atoms with Gasteiger partial charge in [-0.3, -0.25) is 4.90 Å². The summed E-state index contributed by atoms with van der Waals surface area (Å²) in [5, 5.41) is 2.19. The highest BCUT2D eigenvalue weighted by Crippen LogP contribution is 2.26. The molecule has 0 radical (unpaired) electrons. The van der Waals surface area contributed by atoms with Gasteiger partial charge >= 0.3 is 0 Å². The summed E-state index contributed by atoms with van der Waals surface area (Å²) in [6.45, 7) is 3.03. The van der Waals surface area contributed by atoms with Crippen molar-refractivity contribution in [2.24, 2.45) is 5.73 Å². The Balaban J connectivity index is 1.74. The van der Waals surface area contributed by atoms with E-state index >= 15 is 0 Å². The monoisotopic (exact) mass is 302 g/mol. The largest absolute Gasteiger partial charge is 0.393 e. The zero-order chi connectivity index (χ0) is 13.9. The summed E-state index contributed by atoms with van der Waals surface area (Å²) in [7, 11) is 0. The second kappa shape index (κ2) is 6.04.